The van der Waals surface area contributed by atoms with Crippen LogP contribution in [-0.4, -0.2) is 22.4 Å². The van der Waals surface area contributed by atoms with Crippen LogP contribution in [0.3, 0.4) is 0 Å². The summed E-state index contributed by atoms with van der Waals surface area (Å²) in [4.78, 5) is 19.5. The minimum atomic E-state index is -0.0482. The van der Waals surface area contributed by atoms with E-state index < -0.39 is 0 Å². The van der Waals surface area contributed by atoms with E-state index in [1.807, 2.05) is 0 Å². The molecule has 0 saturated carbocycles. The third kappa shape index (κ3) is 6.50. The number of nitrogens with zero attached hydrogens (tertiary/aromatic N) is 2. The molecule has 0 aliphatic heterocycles. The van der Waals surface area contributed by atoms with Crippen LogP contribution in [0.1, 0.15) is 39.0 Å². The van der Waals surface area contributed by atoms with Crippen molar-refractivity contribution in [3.05, 3.63) is 17.5 Å². The maximum Gasteiger partial charge on any atom is 0.225 e. The first kappa shape index (κ1) is 15.9. The summed E-state index contributed by atoms with van der Waals surface area (Å²) < 4.78 is 0. The first-order valence-corrected chi connectivity index (χ1v) is 7.02. The van der Waals surface area contributed by atoms with E-state index in [0.29, 0.717) is 24.7 Å². The maximum absolute atomic E-state index is 11.8. The molecule has 0 radical (unpaired) electrons. The first-order chi connectivity index (χ1) is 9.15. The maximum atomic E-state index is 11.8. The van der Waals surface area contributed by atoms with Crippen LogP contribution in [0.5, 0.6) is 0 Å². The molecule has 3 N–H and O–H groups in total. The van der Waals surface area contributed by atoms with Gasteiger partial charge in [0.05, 0.1) is 0 Å². The molecule has 6 heteroatoms. The summed E-state index contributed by atoms with van der Waals surface area (Å²) in [5.74, 6) is 0.915. The number of hydrogen-bond donors (Lipinski definition) is 2. The highest BCUT2D eigenvalue weighted by atomic mass is 35.5. The van der Waals surface area contributed by atoms with Gasteiger partial charge in [0.1, 0.15) is 5.82 Å². The highest BCUT2D eigenvalue weighted by Crippen LogP contribution is 2.17. The Kier molecular flexibility index (Phi) is 7.36. The Hall–Kier alpha value is -1.20. The third-order valence-electron chi connectivity index (χ3n) is 2.95. The molecule has 1 heterocycles. The quantitative estimate of drug-likeness (QED) is 0.719. The largest absolute Gasteiger partial charge is 0.330 e. The lowest BCUT2D eigenvalue weighted by Gasteiger charge is -2.14. The van der Waals surface area contributed by atoms with Crippen LogP contribution < -0.4 is 11.1 Å². The van der Waals surface area contributed by atoms with E-state index in [0.717, 1.165) is 25.7 Å². The Morgan fingerprint density at radius 3 is 2.89 bits per heavy atom. The Balaban J connectivity index is 2.38. The molecule has 1 aromatic rings. The summed E-state index contributed by atoms with van der Waals surface area (Å²) in [5, 5.41) is 2.85. The van der Waals surface area contributed by atoms with Gasteiger partial charge in [-0.05, 0) is 43.0 Å². The summed E-state index contributed by atoms with van der Waals surface area (Å²) in [6, 6.07) is 1.62. The number of carbonyl (C=O) groups excluding carboxylic acids is 1. The zero-order valence-electron chi connectivity index (χ0n) is 11.2. The third-order valence-corrected chi connectivity index (χ3v) is 3.13. The Morgan fingerprint density at radius 2 is 2.26 bits per heavy atom. The minimum absolute atomic E-state index is 0.0482. The van der Waals surface area contributed by atoms with Crippen molar-refractivity contribution in [3.8, 4) is 0 Å². The average molecular weight is 285 g/mol. The predicted molar refractivity (Wildman–Crippen MR) is 77.0 cm³/mol. The van der Waals surface area contributed by atoms with E-state index in [1.54, 1.807) is 6.07 Å². The fourth-order valence-electron chi connectivity index (χ4n) is 2.02. The lowest BCUT2D eigenvalue weighted by molar-refractivity contribution is -0.116. The van der Waals surface area contributed by atoms with E-state index in [2.05, 4.69) is 22.2 Å². The van der Waals surface area contributed by atoms with E-state index in [-0.39, 0.29) is 11.2 Å². The molecule has 19 heavy (non-hydrogen) atoms. The molecule has 1 amide bonds. The summed E-state index contributed by atoms with van der Waals surface area (Å²) in [5.41, 5.74) is 5.57. The van der Waals surface area contributed by atoms with Gasteiger partial charge in [0.15, 0.2) is 0 Å². The Morgan fingerprint density at radius 1 is 1.47 bits per heavy atom. The van der Waals surface area contributed by atoms with Gasteiger partial charge in [0.25, 0.3) is 0 Å². The van der Waals surface area contributed by atoms with Crippen molar-refractivity contribution < 1.29 is 4.79 Å². The van der Waals surface area contributed by atoms with Gasteiger partial charge in [-0.2, -0.15) is 0 Å². The lowest BCUT2D eigenvalue weighted by atomic mass is 9.94. The number of halogens is 1. The second kappa shape index (κ2) is 8.82. The van der Waals surface area contributed by atoms with Crippen molar-refractivity contribution in [2.75, 3.05) is 11.9 Å². The molecule has 1 aromatic heterocycles. The summed E-state index contributed by atoms with van der Waals surface area (Å²) >= 11 is 5.65. The highest BCUT2D eigenvalue weighted by molar-refractivity contribution is 6.28. The standard InChI is InChI=1S/C13H21ClN4O/c1-2-3-10(6-8-15)4-5-12(19)17-11-7-9-16-13(14)18-11/h7,9-10H,2-6,8,15H2,1H3,(H,16,17,18,19). The molecule has 1 rings (SSSR count). The van der Waals surface area contributed by atoms with E-state index in [9.17, 15) is 4.79 Å². The van der Waals surface area contributed by atoms with Crippen LogP contribution >= 0.6 is 11.6 Å². The van der Waals surface area contributed by atoms with Crippen LogP contribution in [0.2, 0.25) is 5.28 Å². The number of aromatic nitrogens is 2. The van der Waals surface area contributed by atoms with Gasteiger partial charge in [-0.1, -0.05) is 19.8 Å². The van der Waals surface area contributed by atoms with Crippen LogP contribution in [0.25, 0.3) is 0 Å². The molecule has 0 aromatic carbocycles. The van der Waals surface area contributed by atoms with Crippen LogP contribution in [0, 0.1) is 5.92 Å². The monoisotopic (exact) mass is 284 g/mol. The molecule has 0 saturated heterocycles. The van der Waals surface area contributed by atoms with Gasteiger partial charge in [0.2, 0.25) is 11.2 Å². The van der Waals surface area contributed by atoms with Crippen LogP contribution in [0.4, 0.5) is 5.82 Å². The molecule has 1 unspecified atom stereocenters. The second-order valence-corrected chi connectivity index (χ2v) is 4.87. The first-order valence-electron chi connectivity index (χ1n) is 6.64. The van der Waals surface area contributed by atoms with Crippen LogP contribution in [-0.2, 0) is 4.79 Å². The van der Waals surface area contributed by atoms with Crippen molar-refractivity contribution in [1.82, 2.24) is 9.97 Å². The number of amides is 1. The minimum Gasteiger partial charge on any atom is -0.330 e. The predicted octanol–water partition coefficient (Wildman–Crippen LogP) is 2.61. The topological polar surface area (TPSA) is 80.9 Å². The van der Waals surface area contributed by atoms with E-state index in [1.165, 1.54) is 6.20 Å². The van der Waals surface area contributed by atoms with Gasteiger partial charge in [0, 0.05) is 12.6 Å². The van der Waals surface area contributed by atoms with Crippen molar-refractivity contribution >= 4 is 23.3 Å². The molecule has 0 fully saturated rings. The van der Waals surface area contributed by atoms with Gasteiger partial charge in [-0.15, -0.1) is 0 Å². The smallest absolute Gasteiger partial charge is 0.225 e. The zero-order valence-corrected chi connectivity index (χ0v) is 12.0. The lowest BCUT2D eigenvalue weighted by Crippen LogP contribution is -2.16. The fraction of sp³-hybridized carbons (Fsp3) is 0.615. The van der Waals surface area contributed by atoms with E-state index in [4.69, 9.17) is 17.3 Å². The molecule has 1 atom stereocenters. The number of rotatable bonds is 8. The summed E-state index contributed by atoms with van der Waals surface area (Å²) in [6.45, 7) is 2.82. The molecule has 0 aliphatic rings. The van der Waals surface area contributed by atoms with Crippen molar-refractivity contribution in [3.63, 3.8) is 0 Å². The molecule has 0 bridgehead atoms. The van der Waals surface area contributed by atoms with Gasteiger partial charge < -0.3 is 11.1 Å². The van der Waals surface area contributed by atoms with Gasteiger partial charge in [-0.3, -0.25) is 4.79 Å². The zero-order chi connectivity index (χ0) is 14.1. The average Bonchev–Trinajstić information content (AvgIpc) is 2.36. The SMILES string of the molecule is CCCC(CCN)CCC(=O)Nc1ccnc(Cl)n1. The Labute approximate surface area is 119 Å². The van der Waals surface area contributed by atoms with Gasteiger partial charge >= 0.3 is 0 Å². The summed E-state index contributed by atoms with van der Waals surface area (Å²) in [7, 11) is 0. The Bertz CT molecular complexity index is 394. The molecule has 106 valence electrons. The van der Waals surface area contributed by atoms with Crippen molar-refractivity contribution in [2.24, 2.45) is 11.7 Å². The molecule has 0 aliphatic carbocycles. The number of nitrogens with one attached hydrogen (secondary N) is 1. The molecule has 0 spiro atoms. The highest BCUT2D eigenvalue weighted by Gasteiger charge is 2.10. The van der Waals surface area contributed by atoms with Crippen molar-refractivity contribution in [1.29, 1.82) is 0 Å². The number of nitrogens with two attached hydrogens (primary N) is 1. The number of hydrogen-bond acceptors (Lipinski definition) is 4. The normalized spacial score (nSPS) is 12.2. The molecular weight excluding hydrogens is 264 g/mol. The van der Waals surface area contributed by atoms with E-state index >= 15 is 0 Å². The summed E-state index contributed by atoms with van der Waals surface area (Å²) in [6.07, 6.45) is 6.05. The van der Waals surface area contributed by atoms with Gasteiger partial charge in [-0.25, -0.2) is 9.97 Å². The molecule has 5 nitrogen and oxygen atoms in total. The van der Waals surface area contributed by atoms with Crippen molar-refractivity contribution in [2.45, 2.75) is 39.0 Å². The van der Waals surface area contributed by atoms with Crippen LogP contribution in [0.15, 0.2) is 12.3 Å². The second-order valence-electron chi connectivity index (χ2n) is 4.53. The molecular formula is C13H21ClN4O. The number of carbonyl (C=O) groups is 1. The number of anilines is 1. The fourth-order valence-corrected chi connectivity index (χ4v) is 2.17.